The van der Waals surface area contributed by atoms with Crippen molar-refractivity contribution in [1.82, 2.24) is 4.98 Å². The summed E-state index contributed by atoms with van der Waals surface area (Å²) in [5, 5.41) is 0.212. The molecule has 4 nitrogen and oxygen atoms in total. The second kappa shape index (κ2) is 5.33. The normalized spacial score (nSPS) is 22.4. The number of aromatic nitrogens is 1. The fourth-order valence-corrected chi connectivity index (χ4v) is 2.63. The molecule has 1 aromatic heterocycles. The third kappa shape index (κ3) is 2.81. The molecule has 0 aromatic carbocycles. The summed E-state index contributed by atoms with van der Waals surface area (Å²) < 4.78 is 36.7. The van der Waals surface area contributed by atoms with Crippen molar-refractivity contribution in [3.05, 3.63) is 17.4 Å². The van der Waals surface area contributed by atoms with E-state index < -0.39 is 12.0 Å². The molecule has 2 heterocycles. The standard InChI is InChI=1S/C13H15ClF2N2O2/c14-12-11(20-9-7-13(15,16)8-9)10(1-2-17-12)18-3-5-19-6-4-18/h1-2,9H,3-8H2. The molecule has 2 aliphatic rings. The summed E-state index contributed by atoms with van der Waals surface area (Å²) in [5.41, 5.74) is 0.795. The minimum atomic E-state index is -2.61. The first-order chi connectivity index (χ1) is 9.55. The lowest BCUT2D eigenvalue weighted by molar-refractivity contribution is -0.134. The van der Waals surface area contributed by atoms with E-state index in [9.17, 15) is 8.78 Å². The van der Waals surface area contributed by atoms with E-state index in [4.69, 9.17) is 21.1 Å². The smallest absolute Gasteiger partial charge is 0.255 e. The third-order valence-electron chi connectivity index (χ3n) is 3.53. The minimum Gasteiger partial charge on any atom is -0.485 e. The summed E-state index contributed by atoms with van der Waals surface area (Å²) in [6.07, 6.45) is 0.572. The van der Waals surface area contributed by atoms with Gasteiger partial charge in [-0.2, -0.15) is 0 Å². The molecule has 0 unspecified atom stereocenters. The summed E-state index contributed by atoms with van der Waals surface area (Å²) in [5.74, 6) is -2.21. The summed E-state index contributed by atoms with van der Waals surface area (Å²) in [4.78, 5) is 6.05. The Kier molecular flexibility index (Phi) is 3.69. The fraction of sp³-hybridized carbons (Fsp3) is 0.615. The van der Waals surface area contributed by atoms with Crippen LogP contribution in [-0.4, -0.2) is 43.3 Å². The van der Waals surface area contributed by atoms with Crippen molar-refractivity contribution in [3.8, 4) is 5.75 Å². The van der Waals surface area contributed by atoms with Gasteiger partial charge in [0, 0.05) is 32.1 Å². The molecular formula is C13H15ClF2N2O2. The van der Waals surface area contributed by atoms with Crippen molar-refractivity contribution in [1.29, 1.82) is 0 Å². The summed E-state index contributed by atoms with van der Waals surface area (Å²) in [7, 11) is 0. The first-order valence-electron chi connectivity index (χ1n) is 6.57. The van der Waals surface area contributed by atoms with E-state index in [2.05, 4.69) is 9.88 Å². The highest BCUT2D eigenvalue weighted by Crippen LogP contribution is 2.43. The van der Waals surface area contributed by atoms with Crippen LogP contribution in [0.5, 0.6) is 5.75 Å². The molecule has 0 atom stereocenters. The van der Waals surface area contributed by atoms with Crippen LogP contribution in [0.2, 0.25) is 5.15 Å². The predicted molar refractivity (Wildman–Crippen MR) is 70.9 cm³/mol. The van der Waals surface area contributed by atoms with Gasteiger partial charge in [0.25, 0.3) is 5.92 Å². The van der Waals surface area contributed by atoms with Gasteiger partial charge in [-0.05, 0) is 6.07 Å². The number of hydrogen-bond acceptors (Lipinski definition) is 4. The van der Waals surface area contributed by atoms with E-state index in [0.717, 1.165) is 18.8 Å². The average molecular weight is 305 g/mol. The average Bonchev–Trinajstić information content (AvgIpc) is 2.40. The van der Waals surface area contributed by atoms with Gasteiger partial charge in [-0.15, -0.1) is 0 Å². The van der Waals surface area contributed by atoms with Crippen LogP contribution in [0.1, 0.15) is 12.8 Å². The molecular weight excluding hydrogens is 290 g/mol. The molecule has 0 N–H and O–H groups in total. The molecule has 0 bridgehead atoms. The van der Waals surface area contributed by atoms with Gasteiger partial charge in [0.15, 0.2) is 10.9 Å². The van der Waals surface area contributed by atoms with Crippen LogP contribution >= 0.6 is 11.6 Å². The molecule has 1 saturated heterocycles. The van der Waals surface area contributed by atoms with Crippen LogP contribution in [0.4, 0.5) is 14.5 Å². The minimum absolute atomic E-state index is 0.212. The third-order valence-corrected chi connectivity index (χ3v) is 3.80. The van der Waals surface area contributed by atoms with Crippen molar-refractivity contribution in [2.24, 2.45) is 0 Å². The van der Waals surface area contributed by atoms with Crippen molar-refractivity contribution in [3.63, 3.8) is 0 Å². The lowest BCUT2D eigenvalue weighted by atomic mass is 9.91. The Bertz CT molecular complexity index is 487. The zero-order chi connectivity index (χ0) is 14.2. The molecule has 110 valence electrons. The zero-order valence-corrected chi connectivity index (χ0v) is 11.6. The number of hydrogen-bond donors (Lipinski definition) is 0. The van der Waals surface area contributed by atoms with Gasteiger partial charge in [0.1, 0.15) is 6.10 Å². The van der Waals surface area contributed by atoms with Crippen molar-refractivity contribution in [2.45, 2.75) is 24.9 Å². The van der Waals surface area contributed by atoms with E-state index in [-0.39, 0.29) is 18.0 Å². The van der Waals surface area contributed by atoms with Crippen LogP contribution in [-0.2, 0) is 4.74 Å². The summed E-state index contributed by atoms with van der Waals surface area (Å²) in [6, 6.07) is 1.79. The van der Waals surface area contributed by atoms with Crippen molar-refractivity contribution < 1.29 is 18.3 Å². The van der Waals surface area contributed by atoms with Crippen LogP contribution in [0.25, 0.3) is 0 Å². The highest BCUT2D eigenvalue weighted by atomic mass is 35.5. The van der Waals surface area contributed by atoms with E-state index in [1.807, 2.05) is 0 Å². The lowest BCUT2D eigenvalue weighted by Gasteiger charge is -2.37. The lowest BCUT2D eigenvalue weighted by Crippen LogP contribution is -2.43. The largest absolute Gasteiger partial charge is 0.485 e. The topological polar surface area (TPSA) is 34.6 Å². The summed E-state index contributed by atoms with van der Waals surface area (Å²) >= 11 is 6.06. The Hall–Kier alpha value is -1.14. The maximum atomic E-state index is 12.9. The number of anilines is 1. The predicted octanol–water partition coefficient (Wildman–Crippen LogP) is 2.75. The first kappa shape index (κ1) is 13.8. The Morgan fingerprint density at radius 3 is 2.70 bits per heavy atom. The molecule has 3 rings (SSSR count). The Morgan fingerprint density at radius 1 is 1.35 bits per heavy atom. The summed E-state index contributed by atoms with van der Waals surface area (Å²) in [6.45, 7) is 2.69. The SMILES string of the molecule is FC1(F)CC(Oc2c(N3CCOCC3)ccnc2Cl)C1. The highest BCUT2D eigenvalue weighted by Gasteiger charge is 2.47. The van der Waals surface area contributed by atoms with Gasteiger partial charge in [-0.25, -0.2) is 13.8 Å². The van der Waals surface area contributed by atoms with Crippen LogP contribution in [0.15, 0.2) is 12.3 Å². The van der Waals surface area contributed by atoms with Crippen molar-refractivity contribution >= 4 is 17.3 Å². The quantitative estimate of drug-likeness (QED) is 0.804. The zero-order valence-electron chi connectivity index (χ0n) is 10.8. The van der Waals surface area contributed by atoms with Crippen LogP contribution in [0.3, 0.4) is 0 Å². The van der Waals surface area contributed by atoms with E-state index >= 15 is 0 Å². The number of ether oxygens (including phenoxy) is 2. The Balaban J connectivity index is 1.78. The highest BCUT2D eigenvalue weighted by molar-refractivity contribution is 6.31. The monoisotopic (exact) mass is 304 g/mol. The fourth-order valence-electron chi connectivity index (χ4n) is 2.43. The number of morpholine rings is 1. The van der Waals surface area contributed by atoms with E-state index in [0.29, 0.717) is 19.0 Å². The van der Waals surface area contributed by atoms with Gasteiger partial charge in [-0.3, -0.25) is 0 Å². The number of alkyl halides is 2. The molecule has 1 aliphatic carbocycles. The number of halogens is 3. The van der Waals surface area contributed by atoms with Gasteiger partial charge in [0.2, 0.25) is 0 Å². The van der Waals surface area contributed by atoms with Gasteiger partial charge >= 0.3 is 0 Å². The molecule has 1 aromatic rings. The van der Waals surface area contributed by atoms with Crippen LogP contribution < -0.4 is 9.64 Å². The molecule has 7 heteroatoms. The molecule has 20 heavy (non-hydrogen) atoms. The molecule has 0 amide bonds. The van der Waals surface area contributed by atoms with E-state index in [1.54, 1.807) is 12.3 Å². The second-order valence-electron chi connectivity index (χ2n) is 5.05. The second-order valence-corrected chi connectivity index (χ2v) is 5.41. The van der Waals surface area contributed by atoms with Gasteiger partial charge in [-0.1, -0.05) is 11.6 Å². The van der Waals surface area contributed by atoms with Crippen molar-refractivity contribution in [2.75, 3.05) is 31.2 Å². The maximum Gasteiger partial charge on any atom is 0.255 e. The number of rotatable bonds is 3. The van der Waals surface area contributed by atoms with E-state index in [1.165, 1.54) is 0 Å². The first-order valence-corrected chi connectivity index (χ1v) is 6.95. The Labute approximate surface area is 120 Å². The maximum absolute atomic E-state index is 12.9. The Morgan fingerprint density at radius 2 is 2.05 bits per heavy atom. The number of pyridine rings is 1. The molecule has 1 saturated carbocycles. The molecule has 0 spiro atoms. The van der Waals surface area contributed by atoms with Gasteiger partial charge < -0.3 is 14.4 Å². The number of nitrogens with zero attached hydrogens (tertiary/aromatic N) is 2. The molecule has 1 aliphatic heterocycles. The molecule has 0 radical (unpaired) electrons. The van der Waals surface area contributed by atoms with Gasteiger partial charge in [0.05, 0.1) is 18.9 Å². The van der Waals surface area contributed by atoms with Crippen LogP contribution in [0, 0.1) is 0 Å². The molecule has 2 fully saturated rings.